The zero-order valence-corrected chi connectivity index (χ0v) is 14.6. The molecule has 5 heteroatoms. The van der Waals surface area contributed by atoms with E-state index in [1.54, 1.807) is 13.0 Å². The SMILES string of the molecule is CC(=O)OC/C=C(\I)CC1(C)C(=O)CC(C)(C)CC1=O. The molecule has 0 N–H and O–H groups in total. The maximum Gasteiger partial charge on any atom is 0.302 e. The Morgan fingerprint density at radius 3 is 2.20 bits per heavy atom. The average molecular weight is 392 g/mol. The lowest BCUT2D eigenvalue weighted by molar-refractivity contribution is -0.147. The molecule has 112 valence electrons. The van der Waals surface area contributed by atoms with Crippen LogP contribution in [0.25, 0.3) is 0 Å². The van der Waals surface area contributed by atoms with Crippen LogP contribution >= 0.6 is 22.6 Å². The molecule has 1 saturated carbocycles. The van der Waals surface area contributed by atoms with E-state index in [1.165, 1.54) is 6.92 Å². The van der Waals surface area contributed by atoms with E-state index in [1.807, 2.05) is 13.8 Å². The van der Waals surface area contributed by atoms with Gasteiger partial charge in [0.05, 0.1) is 5.41 Å². The first kappa shape index (κ1) is 17.3. The molecule has 4 nitrogen and oxygen atoms in total. The Balaban J connectivity index is 2.76. The molecule has 0 amide bonds. The molecule has 1 rings (SSSR count). The highest BCUT2D eigenvalue weighted by Crippen LogP contribution is 2.43. The minimum absolute atomic E-state index is 0.00815. The van der Waals surface area contributed by atoms with Crippen LogP contribution in [-0.2, 0) is 19.1 Å². The van der Waals surface area contributed by atoms with Crippen molar-refractivity contribution in [2.24, 2.45) is 10.8 Å². The lowest BCUT2D eigenvalue weighted by atomic mass is 9.63. The van der Waals surface area contributed by atoms with Crippen molar-refractivity contribution in [1.29, 1.82) is 0 Å². The van der Waals surface area contributed by atoms with Crippen LogP contribution in [0.1, 0.15) is 47.0 Å². The highest BCUT2D eigenvalue weighted by atomic mass is 127. The molecule has 0 saturated heterocycles. The largest absolute Gasteiger partial charge is 0.462 e. The van der Waals surface area contributed by atoms with Crippen molar-refractivity contribution < 1.29 is 19.1 Å². The van der Waals surface area contributed by atoms with Crippen LogP contribution in [0.3, 0.4) is 0 Å². The molecule has 0 spiro atoms. The Morgan fingerprint density at radius 2 is 1.75 bits per heavy atom. The molecule has 0 unspecified atom stereocenters. The van der Waals surface area contributed by atoms with Gasteiger partial charge in [0.1, 0.15) is 18.2 Å². The normalized spacial score (nSPS) is 21.8. The van der Waals surface area contributed by atoms with E-state index in [0.29, 0.717) is 19.3 Å². The maximum atomic E-state index is 12.3. The second kappa shape index (κ2) is 6.37. The number of halogens is 1. The summed E-state index contributed by atoms with van der Waals surface area (Å²) in [5.74, 6) is -0.328. The number of ether oxygens (including phenoxy) is 1. The van der Waals surface area contributed by atoms with E-state index in [0.717, 1.165) is 3.58 Å². The van der Waals surface area contributed by atoms with Gasteiger partial charge in [-0.15, -0.1) is 0 Å². The molecule has 0 heterocycles. The third-order valence-electron chi connectivity index (χ3n) is 3.62. The van der Waals surface area contributed by atoms with Gasteiger partial charge in [-0.25, -0.2) is 0 Å². The number of rotatable bonds is 4. The van der Waals surface area contributed by atoms with Crippen molar-refractivity contribution in [2.75, 3.05) is 6.61 Å². The van der Waals surface area contributed by atoms with E-state index < -0.39 is 5.41 Å². The van der Waals surface area contributed by atoms with Gasteiger partial charge < -0.3 is 4.74 Å². The fourth-order valence-corrected chi connectivity index (χ4v) is 3.28. The molecular weight excluding hydrogens is 371 g/mol. The predicted molar refractivity (Wildman–Crippen MR) is 84.5 cm³/mol. The highest BCUT2D eigenvalue weighted by molar-refractivity contribution is 14.1. The first-order valence-electron chi connectivity index (χ1n) is 6.61. The Hall–Kier alpha value is -0.720. The third-order valence-corrected chi connectivity index (χ3v) is 4.44. The van der Waals surface area contributed by atoms with Gasteiger partial charge in [0, 0.05) is 19.8 Å². The molecule has 1 aliphatic carbocycles. The van der Waals surface area contributed by atoms with Crippen molar-refractivity contribution >= 4 is 40.1 Å². The van der Waals surface area contributed by atoms with Crippen molar-refractivity contribution in [3.63, 3.8) is 0 Å². The van der Waals surface area contributed by atoms with Crippen LogP contribution in [0, 0.1) is 10.8 Å². The summed E-state index contributed by atoms with van der Waals surface area (Å²) < 4.78 is 5.70. The quantitative estimate of drug-likeness (QED) is 0.419. The number of esters is 1. The average Bonchev–Trinajstić information content (AvgIpc) is 2.24. The van der Waals surface area contributed by atoms with Gasteiger partial charge in [0.15, 0.2) is 0 Å². The summed E-state index contributed by atoms with van der Waals surface area (Å²) in [6, 6.07) is 0. The number of Topliss-reactive ketones (excluding diaryl/α,β-unsaturated/α-hetero) is 2. The Morgan fingerprint density at radius 1 is 1.25 bits per heavy atom. The molecule has 0 aliphatic heterocycles. The molecular formula is C15H21IO4. The van der Waals surface area contributed by atoms with E-state index >= 15 is 0 Å². The number of hydrogen-bond donors (Lipinski definition) is 0. The van der Waals surface area contributed by atoms with Gasteiger partial charge in [-0.05, 0) is 51.0 Å². The van der Waals surface area contributed by atoms with Crippen molar-refractivity contribution in [3.8, 4) is 0 Å². The number of carbonyl (C=O) groups excluding carboxylic acids is 3. The molecule has 0 aromatic heterocycles. The van der Waals surface area contributed by atoms with E-state index in [4.69, 9.17) is 4.74 Å². The van der Waals surface area contributed by atoms with Crippen molar-refractivity contribution in [3.05, 3.63) is 9.66 Å². The van der Waals surface area contributed by atoms with Crippen molar-refractivity contribution in [1.82, 2.24) is 0 Å². The van der Waals surface area contributed by atoms with Crippen LogP contribution in [0.5, 0.6) is 0 Å². The number of ketones is 2. The number of carbonyl (C=O) groups is 3. The van der Waals surface area contributed by atoms with E-state index in [2.05, 4.69) is 22.6 Å². The summed E-state index contributed by atoms with van der Waals surface area (Å²) in [4.78, 5) is 35.3. The molecule has 0 atom stereocenters. The molecule has 0 aromatic carbocycles. The first-order chi connectivity index (χ1) is 9.07. The highest BCUT2D eigenvalue weighted by Gasteiger charge is 2.48. The molecule has 0 radical (unpaired) electrons. The van der Waals surface area contributed by atoms with Crippen LogP contribution in [0.2, 0.25) is 0 Å². The Labute approximate surface area is 133 Å². The fourth-order valence-electron chi connectivity index (χ4n) is 2.33. The molecule has 0 bridgehead atoms. The predicted octanol–water partition coefficient (Wildman–Crippen LogP) is 3.22. The summed E-state index contributed by atoms with van der Waals surface area (Å²) in [5, 5.41) is 0. The van der Waals surface area contributed by atoms with Gasteiger partial charge in [-0.1, -0.05) is 13.8 Å². The standard InChI is InChI=1S/C15H21IO4/c1-10(17)20-6-5-11(16)7-15(4)12(18)8-14(2,3)9-13(15)19/h5H,6-9H2,1-4H3/b11-5-. The van der Waals surface area contributed by atoms with Gasteiger partial charge >= 0.3 is 5.97 Å². The smallest absolute Gasteiger partial charge is 0.302 e. The second-order valence-corrected chi connectivity index (χ2v) is 7.71. The molecule has 1 aliphatic rings. The van der Waals surface area contributed by atoms with Gasteiger partial charge in [0.25, 0.3) is 0 Å². The van der Waals surface area contributed by atoms with Crippen LogP contribution in [0.4, 0.5) is 0 Å². The van der Waals surface area contributed by atoms with Gasteiger partial charge in [-0.2, -0.15) is 0 Å². The van der Waals surface area contributed by atoms with Crippen molar-refractivity contribution in [2.45, 2.75) is 47.0 Å². The van der Waals surface area contributed by atoms with E-state index in [9.17, 15) is 14.4 Å². The van der Waals surface area contributed by atoms with E-state index in [-0.39, 0.29) is 29.6 Å². The zero-order chi connectivity index (χ0) is 15.6. The topological polar surface area (TPSA) is 60.4 Å². The van der Waals surface area contributed by atoms with Gasteiger partial charge in [0.2, 0.25) is 0 Å². The first-order valence-corrected chi connectivity index (χ1v) is 7.69. The summed E-state index contributed by atoms with van der Waals surface area (Å²) in [7, 11) is 0. The van der Waals surface area contributed by atoms with Crippen LogP contribution in [0.15, 0.2) is 9.66 Å². The zero-order valence-electron chi connectivity index (χ0n) is 12.4. The monoisotopic (exact) mass is 392 g/mol. The lowest BCUT2D eigenvalue weighted by Crippen LogP contribution is -2.45. The summed E-state index contributed by atoms with van der Waals surface area (Å²) in [6.45, 7) is 7.15. The summed E-state index contributed by atoms with van der Waals surface area (Å²) in [6.07, 6.45) is 3.00. The number of hydrogen-bond acceptors (Lipinski definition) is 4. The third kappa shape index (κ3) is 4.40. The number of allylic oxidation sites excluding steroid dienone is 1. The second-order valence-electron chi connectivity index (χ2n) is 6.33. The summed E-state index contributed by atoms with van der Waals surface area (Å²) in [5.41, 5.74) is -1.17. The Bertz CT molecular complexity index is 442. The Kier molecular flexibility index (Phi) is 5.52. The molecule has 20 heavy (non-hydrogen) atoms. The van der Waals surface area contributed by atoms with Crippen LogP contribution in [-0.4, -0.2) is 24.1 Å². The minimum atomic E-state index is -0.932. The minimum Gasteiger partial charge on any atom is -0.462 e. The van der Waals surface area contributed by atoms with Crippen LogP contribution < -0.4 is 0 Å². The molecule has 1 fully saturated rings. The maximum absolute atomic E-state index is 12.3. The van der Waals surface area contributed by atoms with Gasteiger partial charge in [-0.3, -0.25) is 14.4 Å². The summed E-state index contributed by atoms with van der Waals surface area (Å²) >= 11 is 2.09. The lowest BCUT2D eigenvalue weighted by Gasteiger charge is -2.38. The fraction of sp³-hybridized carbons (Fsp3) is 0.667. The molecule has 0 aromatic rings.